The molecule has 116 valence electrons. The minimum absolute atomic E-state index is 0.222. The fourth-order valence-electron chi connectivity index (χ4n) is 3.39. The number of hydrogen-bond donors (Lipinski definition) is 1. The van der Waals surface area contributed by atoms with Crippen LogP contribution in [0.5, 0.6) is 0 Å². The second-order valence-corrected chi connectivity index (χ2v) is 6.35. The number of aliphatic hydroxyl groups is 1. The summed E-state index contributed by atoms with van der Waals surface area (Å²) in [4.78, 5) is 15.6. The minimum Gasteiger partial charge on any atom is -0.390 e. The molecule has 0 bridgehead atoms. The van der Waals surface area contributed by atoms with Crippen molar-refractivity contribution in [1.29, 1.82) is 0 Å². The summed E-state index contributed by atoms with van der Waals surface area (Å²) in [6, 6.07) is 0.222. The summed E-state index contributed by atoms with van der Waals surface area (Å²) < 4.78 is 0. The number of aromatic nitrogens is 2. The van der Waals surface area contributed by atoms with Gasteiger partial charge in [-0.15, -0.1) is 0 Å². The molecule has 1 N–H and O–H groups in total. The zero-order valence-corrected chi connectivity index (χ0v) is 13.2. The van der Waals surface area contributed by atoms with Gasteiger partial charge in [0.1, 0.15) is 5.82 Å². The second kappa shape index (κ2) is 5.77. The quantitative estimate of drug-likeness (QED) is 0.875. The number of rotatable bonds is 3. The number of aryl methyl sites for hydroxylation is 1. The number of anilines is 2. The van der Waals surface area contributed by atoms with Crippen LogP contribution in [0.2, 0.25) is 0 Å². The van der Waals surface area contributed by atoms with Crippen LogP contribution in [-0.2, 0) is 0 Å². The number of likely N-dealkylation sites (tertiary alicyclic amines) is 1. The predicted octanol–water partition coefficient (Wildman–Crippen LogP) is 0.496. The van der Waals surface area contributed by atoms with Crippen LogP contribution in [0.15, 0.2) is 6.20 Å². The number of aliphatic hydroxyl groups excluding tert-OH is 1. The molecular weight excluding hydrogens is 266 g/mol. The molecule has 0 aliphatic carbocycles. The maximum absolute atomic E-state index is 10.4. The highest BCUT2D eigenvalue weighted by molar-refractivity contribution is 5.49. The Kier molecular flexibility index (Phi) is 3.99. The minimum atomic E-state index is -0.309. The third kappa shape index (κ3) is 2.82. The van der Waals surface area contributed by atoms with E-state index in [1.807, 2.05) is 32.1 Å². The summed E-state index contributed by atoms with van der Waals surface area (Å²) in [5.74, 6) is 1.67. The van der Waals surface area contributed by atoms with E-state index in [1.54, 1.807) is 0 Å². The second-order valence-electron chi connectivity index (χ2n) is 6.35. The van der Waals surface area contributed by atoms with Crippen molar-refractivity contribution in [2.75, 3.05) is 50.1 Å². The van der Waals surface area contributed by atoms with E-state index in [1.165, 1.54) is 12.8 Å². The third-order valence-electron chi connectivity index (χ3n) is 4.51. The van der Waals surface area contributed by atoms with E-state index in [4.69, 9.17) is 0 Å². The average Bonchev–Trinajstić information content (AvgIpc) is 3.08. The number of hydrogen-bond acceptors (Lipinski definition) is 6. The van der Waals surface area contributed by atoms with E-state index in [9.17, 15) is 5.11 Å². The maximum Gasteiger partial charge on any atom is 0.227 e. The number of nitrogens with zero attached hydrogens (tertiary/aromatic N) is 5. The zero-order chi connectivity index (χ0) is 15.0. The van der Waals surface area contributed by atoms with Crippen molar-refractivity contribution in [3.8, 4) is 0 Å². The fourth-order valence-corrected chi connectivity index (χ4v) is 3.39. The Labute approximate surface area is 126 Å². The first-order chi connectivity index (χ1) is 10.1. The van der Waals surface area contributed by atoms with E-state index in [0.717, 1.165) is 37.0 Å². The van der Waals surface area contributed by atoms with Crippen LogP contribution >= 0.6 is 0 Å². The molecule has 2 aliphatic heterocycles. The van der Waals surface area contributed by atoms with Gasteiger partial charge in [0.2, 0.25) is 5.95 Å². The molecule has 2 atom stereocenters. The molecule has 0 aromatic carbocycles. The first-order valence-corrected chi connectivity index (χ1v) is 7.74. The van der Waals surface area contributed by atoms with Gasteiger partial charge in [-0.1, -0.05) is 0 Å². The van der Waals surface area contributed by atoms with E-state index in [0.29, 0.717) is 6.54 Å². The van der Waals surface area contributed by atoms with Crippen molar-refractivity contribution in [2.24, 2.45) is 0 Å². The topological polar surface area (TPSA) is 55.7 Å². The third-order valence-corrected chi connectivity index (χ3v) is 4.51. The van der Waals surface area contributed by atoms with Crippen LogP contribution in [0, 0.1) is 6.92 Å². The molecule has 0 unspecified atom stereocenters. The van der Waals surface area contributed by atoms with Crippen molar-refractivity contribution < 1.29 is 5.11 Å². The molecule has 2 saturated heterocycles. The molecule has 1 aromatic rings. The molecule has 2 fully saturated rings. The van der Waals surface area contributed by atoms with Gasteiger partial charge in [-0.05, 0) is 32.9 Å². The Morgan fingerprint density at radius 1 is 1.24 bits per heavy atom. The molecule has 6 nitrogen and oxygen atoms in total. The van der Waals surface area contributed by atoms with Crippen molar-refractivity contribution in [2.45, 2.75) is 31.9 Å². The van der Waals surface area contributed by atoms with Crippen LogP contribution < -0.4 is 9.80 Å². The Bertz CT molecular complexity index is 501. The molecule has 6 heteroatoms. The summed E-state index contributed by atoms with van der Waals surface area (Å²) >= 11 is 0. The molecule has 0 spiro atoms. The standard InChI is InChI=1S/C15H25N5O/c1-11-8-16-15(17-14(11)18(2)3)20-9-12(13(21)10-20)19-6-4-5-7-19/h8,12-13,21H,4-7,9-10H2,1-3H3/t12-,13-/m0/s1. The monoisotopic (exact) mass is 291 g/mol. The highest BCUT2D eigenvalue weighted by Crippen LogP contribution is 2.25. The molecule has 0 saturated carbocycles. The molecule has 3 rings (SSSR count). The number of β-amino-alcohol motifs (C(OH)–C–C–N with tert-alkyl or cyclic N) is 1. The lowest BCUT2D eigenvalue weighted by molar-refractivity contribution is 0.0986. The summed E-state index contributed by atoms with van der Waals surface area (Å²) in [5, 5.41) is 10.4. The highest BCUT2D eigenvalue weighted by Gasteiger charge is 2.37. The summed E-state index contributed by atoms with van der Waals surface area (Å²) in [5.41, 5.74) is 1.07. The van der Waals surface area contributed by atoms with Gasteiger partial charge in [-0.25, -0.2) is 4.98 Å². The summed E-state index contributed by atoms with van der Waals surface area (Å²) in [7, 11) is 3.98. The van der Waals surface area contributed by atoms with Gasteiger partial charge in [0.05, 0.1) is 12.1 Å². The van der Waals surface area contributed by atoms with Gasteiger partial charge in [-0.3, -0.25) is 4.90 Å². The van der Waals surface area contributed by atoms with Crippen molar-refractivity contribution in [1.82, 2.24) is 14.9 Å². The smallest absolute Gasteiger partial charge is 0.227 e. The normalized spacial score (nSPS) is 26.6. The van der Waals surface area contributed by atoms with Gasteiger partial charge in [0.25, 0.3) is 0 Å². The van der Waals surface area contributed by atoms with Crippen LogP contribution in [0.1, 0.15) is 18.4 Å². The largest absolute Gasteiger partial charge is 0.390 e. The zero-order valence-electron chi connectivity index (χ0n) is 13.2. The Morgan fingerprint density at radius 3 is 2.62 bits per heavy atom. The van der Waals surface area contributed by atoms with Crippen LogP contribution in [0.4, 0.5) is 11.8 Å². The van der Waals surface area contributed by atoms with Crippen molar-refractivity contribution >= 4 is 11.8 Å². The average molecular weight is 291 g/mol. The highest BCUT2D eigenvalue weighted by atomic mass is 16.3. The van der Waals surface area contributed by atoms with Crippen molar-refractivity contribution in [3.63, 3.8) is 0 Å². The first-order valence-electron chi connectivity index (χ1n) is 7.74. The molecule has 0 radical (unpaired) electrons. The Balaban J connectivity index is 1.77. The van der Waals surface area contributed by atoms with Crippen LogP contribution in [0.25, 0.3) is 0 Å². The lowest BCUT2D eigenvalue weighted by Crippen LogP contribution is -2.41. The predicted molar refractivity (Wildman–Crippen MR) is 83.9 cm³/mol. The summed E-state index contributed by atoms with van der Waals surface area (Å²) in [6.07, 6.45) is 4.05. The van der Waals surface area contributed by atoms with E-state index in [-0.39, 0.29) is 12.1 Å². The SMILES string of the molecule is Cc1cnc(N2C[C@H](O)[C@@H](N3CCCC3)C2)nc1N(C)C. The molecule has 1 aromatic heterocycles. The van der Waals surface area contributed by atoms with E-state index < -0.39 is 0 Å². The first kappa shape index (κ1) is 14.5. The molecule has 2 aliphatic rings. The van der Waals surface area contributed by atoms with Gasteiger partial charge in [0.15, 0.2) is 0 Å². The maximum atomic E-state index is 10.4. The van der Waals surface area contributed by atoms with Crippen molar-refractivity contribution in [3.05, 3.63) is 11.8 Å². The fraction of sp³-hybridized carbons (Fsp3) is 0.733. The molecule has 3 heterocycles. The lowest BCUT2D eigenvalue weighted by atomic mass is 10.2. The lowest BCUT2D eigenvalue weighted by Gasteiger charge is -2.25. The van der Waals surface area contributed by atoms with Crippen LogP contribution in [0.3, 0.4) is 0 Å². The molecular formula is C15H25N5O. The van der Waals surface area contributed by atoms with Crippen LogP contribution in [-0.4, -0.2) is 72.4 Å². The van der Waals surface area contributed by atoms with Gasteiger partial charge in [0, 0.05) is 38.9 Å². The van der Waals surface area contributed by atoms with Gasteiger partial charge in [-0.2, -0.15) is 4.98 Å². The van der Waals surface area contributed by atoms with Gasteiger partial charge < -0.3 is 14.9 Å². The Hall–Kier alpha value is -1.40. The summed E-state index contributed by atoms with van der Waals surface area (Å²) in [6.45, 7) is 5.67. The molecule has 21 heavy (non-hydrogen) atoms. The van der Waals surface area contributed by atoms with E-state index in [2.05, 4.69) is 19.8 Å². The van der Waals surface area contributed by atoms with E-state index >= 15 is 0 Å². The molecule has 0 amide bonds. The Morgan fingerprint density at radius 2 is 1.95 bits per heavy atom. The van der Waals surface area contributed by atoms with Gasteiger partial charge >= 0.3 is 0 Å².